The first-order valence-corrected chi connectivity index (χ1v) is 10.6. The van der Waals surface area contributed by atoms with Crippen LogP contribution in [-0.4, -0.2) is 27.0 Å². The topological polar surface area (TPSA) is 75.7 Å². The van der Waals surface area contributed by atoms with E-state index in [2.05, 4.69) is 5.32 Å². The van der Waals surface area contributed by atoms with Gasteiger partial charge in [-0.25, -0.2) is 8.42 Å². The van der Waals surface area contributed by atoms with Crippen LogP contribution >= 0.6 is 0 Å². The number of carbonyl (C=O) groups is 1. The van der Waals surface area contributed by atoms with Gasteiger partial charge in [0.2, 0.25) is 0 Å². The van der Waals surface area contributed by atoms with Gasteiger partial charge < -0.3 is 10.1 Å². The Morgan fingerprint density at radius 1 is 0.966 bits per heavy atom. The zero-order chi connectivity index (χ0) is 20.4. The summed E-state index contributed by atoms with van der Waals surface area (Å²) in [5.74, 6) is -0.0565. The van der Waals surface area contributed by atoms with E-state index in [0.717, 1.165) is 5.56 Å². The lowest BCUT2D eigenvalue weighted by Crippen LogP contribution is -2.48. The van der Waals surface area contributed by atoms with Gasteiger partial charge in [0.25, 0.3) is 15.9 Å². The summed E-state index contributed by atoms with van der Waals surface area (Å²) in [6.45, 7) is 1.84. The van der Waals surface area contributed by atoms with E-state index in [9.17, 15) is 13.2 Å². The average molecular weight is 408 g/mol. The number of fused-ring (bicyclic) bond motifs is 1. The number of nitrogens with one attached hydrogen (secondary N) is 1. The SMILES string of the molecule is Cc1ccc(NC(=O)[C@@H]2CN(S(=O)(=O)c3ccccc3)c3ccccc3O2)cc1. The Morgan fingerprint density at radius 2 is 1.62 bits per heavy atom. The lowest BCUT2D eigenvalue weighted by molar-refractivity contribution is -0.122. The molecule has 0 spiro atoms. The minimum Gasteiger partial charge on any atom is -0.476 e. The maximum Gasteiger partial charge on any atom is 0.267 e. The third-order valence-corrected chi connectivity index (χ3v) is 6.47. The molecule has 0 saturated carbocycles. The third-order valence-electron chi connectivity index (χ3n) is 4.68. The van der Waals surface area contributed by atoms with Crippen molar-refractivity contribution in [3.63, 3.8) is 0 Å². The Hall–Kier alpha value is -3.32. The second-order valence-corrected chi connectivity index (χ2v) is 8.64. The van der Waals surface area contributed by atoms with Gasteiger partial charge in [0.15, 0.2) is 6.10 Å². The number of benzene rings is 3. The second-order valence-electron chi connectivity index (χ2n) is 6.78. The van der Waals surface area contributed by atoms with Crippen LogP contribution in [0.5, 0.6) is 5.75 Å². The second kappa shape index (κ2) is 7.60. The number of anilines is 2. The molecule has 0 aromatic heterocycles. The zero-order valence-corrected chi connectivity index (χ0v) is 16.6. The zero-order valence-electron chi connectivity index (χ0n) is 15.8. The van der Waals surface area contributed by atoms with Crippen molar-refractivity contribution in [2.45, 2.75) is 17.9 Å². The summed E-state index contributed by atoms with van der Waals surface area (Å²) in [5.41, 5.74) is 2.11. The molecule has 3 aromatic carbocycles. The number of amides is 1. The van der Waals surface area contributed by atoms with Crippen LogP contribution in [0, 0.1) is 6.92 Å². The van der Waals surface area contributed by atoms with Gasteiger partial charge in [0.05, 0.1) is 17.1 Å². The van der Waals surface area contributed by atoms with Crippen LogP contribution in [0.2, 0.25) is 0 Å². The molecule has 7 heteroatoms. The van der Waals surface area contributed by atoms with Crippen LogP contribution in [0.3, 0.4) is 0 Å². The predicted octanol–water partition coefficient (Wildman–Crippen LogP) is 3.59. The summed E-state index contributed by atoms with van der Waals surface area (Å²) in [6, 6.07) is 22.3. The third kappa shape index (κ3) is 3.82. The number of ether oxygens (including phenoxy) is 1. The first-order chi connectivity index (χ1) is 13.9. The fourth-order valence-electron chi connectivity index (χ4n) is 3.15. The van der Waals surface area contributed by atoms with Crippen LogP contribution in [0.15, 0.2) is 83.8 Å². The Morgan fingerprint density at radius 3 is 2.34 bits per heavy atom. The van der Waals surface area contributed by atoms with Gasteiger partial charge in [-0.2, -0.15) is 0 Å². The maximum atomic E-state index is 13.3. The lowest BCUT2D eigenvalue weighted by Gasteiger charge is -2.34. The van der Waals surface area contributed by atoms with Crippen LogP contribution in [0.25, 0.3) is 0 Å². The van der Waals surface area contributed by atoms with Crippen LogP contribution in [-0.2, 0) is 14.8 Å². The summed E-state index contributed by atoms with van der Waals surface area (Å²) in [5, 5.41) is 2.80. The van der Waals surface area contributed by atoms with Crippen molar-refractivity contribution in [1.29, 1.82) is 0 Å². The van der Waals surface area contributed by atoms with E-state index in [4.69, 9.17) is 4.74 Å². The van der Waals surface area contributed by atoms with Gasteiger partial charge in [-0.3, -0.25) is 9.10 Å². The molecule has 1 atom stereocenters. The first-order valence-electron chi connectivity index (χ1n) is 9.16. The molecular formula is C22H20N2O4S. The largest absolute Gasteiger partial charge is 0.476 e. The van der Waals surface area contributed by atoms with Gasteiger partial charge in [0, 0.05) is 5.69 Å². The molecule has 1 N–H and O–H groups in total. The molecule has 0 unspecified atom stereocenters. The molecule has 0 bridgehead atoms. The van der Waals surface area contributed by atoms with E-state index in [1.54, 1.807) is 54.6 Å². The van der Waals surface area contributed by atoms with E-state index in [0.29, 0.717) is 17.1 Å². The monoisotopic (exact) mass is 408 g/mol. The number of sulfonamides is 1. The number of rotatable bonds is 4. The molecule has 0 saturated heterocycles. The predicted molar refractivity (Wildman–Crippen MR) is 112 cm³/mol. The number of hydrogen-bond donors (Lipinski definition) is 1. The number of nitrogens with zero attached hydrogens (tertiary/aromatic N) is 1. The Labute approximate surface area is 169 Å². The van der Waals surface area contributed by atoms with Gasteiger partial charge in [-0.15, -0.1) is 0 Å². The number of para-hydroxylation sites is 2. The summed E-state index contributed by atoms with van der Waals surface area (Å²) in [4.78, 5) is 13.0. The molecular weight excluding hydrogens is 388 g/mol. The van der Waals surface area contributed by atoms with E-state index in [1.807, 2.05) is 19.1 Å². The van der Waals surface area contributed by atoms with Crippen LogP contribution in [0.4, 0.5) is 11.4 Å². The van der Waals surface area contributed by atoms with E-state index in [1.165, 1.54) is 16.4 Å². The summed E-state index contributed by atoms with van der Waals surface area (Å²) >= 11 is 0. The van der Waals surface area contributed by atoms with Gasteiger partial charge in [-0.05, 0) is 43.3 Å². The molecule has 3 aromatic rings. The van der Waals surface area contributed by atoms with Crippen molar-refractivity contribution in [2.24, 2.45) is 0 Å². The van der Waals surface area contributed by atoms with E-state index >= 15 is 0 Å². The fraction of sp³-hybridized carbons (Fsp3) is 0.136. The molecule has 0 radical (unpaired) electrons. The molecule has 1 aliphatic heterocycles. The molecule has 4 rings (SSSR count). The average Bonchev–Trinajstić information content (AvgIpc) is 2.75. The quantitative estimate of drug-likeness (QED) is 0.716. The molecule has 0 fully saturated rings. The van der Waals surface area contributed by atoms with Crippen molar-refractivity contribution >= 4 is 27.3 Å². The number of aryl methyl sites for hydroxylation is 1. The normalized spacial score (nSPS) is 15.9. The molecule has 0 aliphatic carbocycles. The van der Waals surface area contributed by atoms with Gasteiger partial charge in [-0.1, -0.05) is 48.0 Å². The van der Waals surface area contributed by atoms with Crippen molar-refractivity contribution in [3.05, 3.63) is 84.4 Å². The highest BCUT2D eigenvalue weighted by Gasteiger charge is 2.37. The molecule has 6 nitrogen and oxygen atoms in total. The standard InChI is InChI=1S/C22H20N2O4S/c1-16-11-13-17(14-12-16)23-22(25)21-15-24(19-9-5-6-10-20(19)28-21)29(26,27)18-7-3-2-4-8-18/h2-14,21H,15H2,1H3,(H,23,25)/t21-/m0/s1. The van der Waals surface area contributed by atoms with Crippen molar-refractivity contribution in [3.8, 4) is 5.75 Å². The highest BCUT2D eigenvalue weighted by molar-refractivity contribution is 7.92. The minimum absolute atomic E-state index is 0.119. The number of hydrogen-bond acceptors (Lipinski definition) is 4. The van der Waals surface area contributed by atoms with Crippen molar-refractivity contribution in [2.75, 3.05) is 16.2 Å². The van der Waals surface area contributed by atoms with Crippen molar-refractivity contribution in [1.82, 2.24) is 0 Å². The molecule has 148 valence electrons. The van der Waals surface area contributed by atoms with Crippen molar-refractivity contribution < 1.29 is 17.9 Å². The maximum absolute atomic E-state index is 13.3. The van der Waals surface area contributed by atoms with Crippen LogP contribution in [0.1, 0.15) is 5.56 Å². The lowest BCUT2D eigenvalue weighted by atomic mass is 10.2. The van der Waals surface area contributed by atoms with Gasteiger partial charge in [0.1, 0.15) is 5.75 Å². The van der Waals surface area contributed by atoms with E-state index in [-0.39, 0.29) is 11.4 Å². The smallest absolute Gasteiger partial charge is 0.267 e. The minimum atomic E-state index is -3.85. The highest BCUT2D eigenvalue weighted by atomic mass is 32.2. The molecule has 29 heavy (non-hydrogen) atoms. The first kappa shape index (κ1) is 19.0. The highest BCUT2D eigenvalue weighted by Crippen LogP contribution is 2.36. The molecule has 1 amide bonds. The molecule has 1 heterocycles. The Kier molecular flexibility index (Phi) is 4.98. The summed E-state index contributed by atoms with van der Waals surface area (Å²) in [6.07, 6.45) is -0.982. The summed E-state index contributed by atoms with van der Waals surface area (Å²) in [7, 11) is -3.85. The Balaban J connectivity index is 1.66. The van der Waals surface area contributed by atoms with Gasteiger partial charge >= 0.3 is 0 Å². The summed E-state index contributed by atoms with van der Waals surface area (Å²) < 4.78 is 33.6. The van der Waals surface area contributed by atoms with Crippen LogP contribution < -0.4 is 14.4 Å². The fourth-order valence-corrected chi connectivity index (χ4v) is 4.64. The number of carbonyl (C=O) groups excluding carboxylic acids is 1. The Bertz CT molecular complexity index is 1130. The van der Waals surface area contributed by atoms with E-state index < -0.39 is 22.0 Å². The molecule has 1 aliphatic rings.